The summed E-state index contributed by atoms with van der Waals surface area (Å²) < 4.78 is 13.1. The maximum absolute atomic E-state index is 13.1. The van der Waals surface area contributed by atoms with E-state index >= 15 is 0 Å². The summed E-state index contributed by atoms with van der Waals surface area (Å²) in [5.74, 6) is -0.269. The normalized spacial score (nSPS) is 14.4. The SMILES string of the molecule is CCN(CC)C(=O)c1ccc(NC(=O)C[NH+]2CCN(c3ccc(F)cc3)CC2)cc1. The van der Waals surface area contributed by atoms with Crippen molar-refractivity contribution in [3.05, 3.63) is 59.9 Å². The number of rotatable bonds is 7. The van der Waals surface area contributed by atoms with Gasteiger partial charge >= 0.3 is 0 Å². The topological polar surface area (TPSA) is 57.1 Å². The Morgan fingerprint density at radius 3 is 2.17 bits per heavy atom. The van der Waals surface area contributed by atoms with E-state index < -0.39 is 0 Å². The largest absolute Gasteiger partial charge is 0.360 e. The number of carbonyl (C=O) groups is 2. The molecule has 0 aromatic heterocycles. The van der Waals surface area contributed by atoms with Gasteiger partial charge < -0.3 is 20.0 Å². The summed E-state index contributed by atoms with van der Waals surface area (Å²) in [6.07, 6.45) is 0. The van der Waals surface area contributed by atoms with E-state index in [0.717, 1.165) is 31.9 Å². The minimum atomic E-state index is -0.231. The summed E-state index contributed by atoms with van der Waals surface area (Å²) in [5.41, 5.74) is 2.33. The van der Waals surface area contributed by atoms with Crippen molar-refractivity contribution in [3.63, 3.8) is 0 Å². The third-order valence-electron chi connectivity index (χ3n) is 5.54. The second kappa shape index (κ2) is 10.2. The zero-order chi connectivity index (χ0) is 21.5. The molecule has 1 aliphatic heterocycles. The average molecular weight is 414 g/mol. The fourth-order valence-electron chi connectivity index (χ4n) is 3.73. The van der Waals surface area contributed by atoms with E-state index in [1.54, 1.807) is 41.3 Å². The molecule has 160 valence electrons. The van der Waals surface area contributed by atoms with Crippen molar-refractivity contribution in [1.82, 2.24) is 4.90 Å². The lowest BCUT2D eigenvalue weighted by Crippen LogP contribution is -3.15. The van der Waals surface area contributed by atoms with Crippen molar-refractivity contribution >= 4 is 23.2 Å². The van der Waals surface area contributed by atoms with Gasteiger partial charge in [0, 0.05) is 30.0 Å². The predicted octanol–water partition coefficient (Wildman–Crippen LogP) is 1.65. The van der Waals surface area contributed by atoms with Gasteiger partial charge in [0.2, 0.25) is 0 Å². The van der Waals surface area contributed by atoms with Crippen molar-refractivity contribution in [3.8, 4) is 0 Å². The van der Waals surface area contributed by atoms with Crippen LogP contribution in [-0.4, -0.2) is 62.5 Å². The maximum atomic E-state index is 13.1. The number of halogens is 1. The molecular formula is C23H30FN4O2+. The van der Waals surface area contributed by atoms with E-state index in [2.05, 4.69) is 10.2 Å². The van der Waals surface area contributed by atoms with Crippen molar-refractivity contribution in [2.45, 2.75) is 13.8 Å². The molecule has 30 heavy (non-hydrogen) atoms. The monoisotopic (exact) mass is 413 g/mol. The van der Waals surface area contributed by atoms with Gasteiger partial charge in [-0.3, -0.25) is 9.59 Å². The molecule has 0 bridgehead atoms. The number of piperazine rings is 1. The van der Waals surface area contributed by atoms with Crippen LogP contribution in [0.25, 0.3) is 0 Å². The van der Waals surface area contributed by atoms with Crippen molar-refractivity contribution in [2.75, 3.05) is 56.0 Å². The number of hydrogen-bond acceptors (Lipinski definition) is 3. The third kappa shape index (κ3) is 5.57. The van der Waals surface area contributed by atoms with Crippen LogP contribution in [0.5, 0.6) is 0 Å². The smallest absolute Gasteiger partial charge is 0.279 e. The molecule has 0 atom stereocenters. The number of quaternary nitrogens is 1. The Kier molecular flexibility index (Phi) is 7.41. The van der Waals surface area contributed by atoms with Gasteiger partial charge in [-0.1, -0.05) is 0 Å². The number of nitrogens with one attached hydrogen (secondary N) is 2. The first-order valence-electron chi connectivity index (χ1n) is 10.5. The summed E-state index contributed by atoms with van der Waals surface area (Å²) >= 11 is 0. The Balaban J connectivity index is 1.47. The van der Waals surface area contributed by atoms with Crippen LogP contribution in [0, 0.1) is 5.82 Å². The number of amides is 2. The molecule has 0 aliphatic carbocycles. The van der Waals surface area contributed by atoms with E-state index in [4.69, 9.17) is 0 Å². The van der Waals surface area contributed by atoms with E-state index in [-0.39, 0.29) is 17.6 Å². The minimum absolute atomic E-state index is 0.00125. The molecular weight excluding hydrogens is 383 g/mol. The van der Waals surface area contributed by atoms with Crippen LogP contribution >= 0.6 is 0 Å². The van der Waals surface area contributed by atoms with Crippen molar-refractivity contribution in [2.24, 2.45) is 0 Å². The molecule has 3 rings (SSSR count). The predicted molar refractivity (Wildman–Crippen MR) is 116 cm³/mol. The second-order valence-corrected chi connectivity index (χ2v) is 7.49. The van der Waals surface area contributed by atoms with Crippen LogP contribution in [0.15, 0.2) is 48.5 Å². The molecule has 0 unspecified atom stereocenters. The fourth-order valence-corrected chi connectivity index (χ4v) is 3.73. The van der Waals surface area contributed by atoms with Gasteiger partial charge in [0.15, 0.2) is 6.54 Å². The van der Waals surface area contributed by atoms with Gasteiger partial charge in [0.05, 0.1) is 26.2 Å². The zero-order valence-corrected chi connectivity index (χ0v) is 17.7. The van der Waals surface area contributed by atoms with Gasteiger partial charge in [-0.05, 0) is 62.4 Å². The van der Waals surface area contributed by atoms with Gasteiger partial charge in [-0.15, -0.1) is 0 Å². The first kappa shape index (κ1) is 21.8. The number of hydrogen-bond donors (Lipinski definition) is 2. The number of carbonyl (C=O) groups excluding carboxylic acids is 2. The molecule has 2 aromatic rings. The van der Waals surface area contributed by atoms with Gasteiger partial charge in [-0.25, -0.2) is 4.39 Å². The lowest BCUT2D eigenvalue weighted by molar-refractivity contribution is -0.892. The van der Waals surface area contributed by atoms with E-state index in [1.807, 2.05) is 13.8 Å². The molecule has 0 spiro atoms. The van der Waals surface area contributed by atoms with Crippen molar-refractivity contribution in [1.29, 1.82) is 0 Å². The first-order valence-corrected chi connectivity index (χ1v) is 10.5. The molecule has 0 radical (unpaired) electrons. The zero-order valence-electron chi connectivity index (χ0n) is 17.7. The summed E-state index contributed by atoms with van der Waals surface area (Å²) in [4.78, 5) is 30.0. The lowest BCUT2D eigenvalue weighted by atomic mass is 10.1. The Hall–Kier alpha value is -2.93. The number of benzene rings is 2. The average Bonchev–Trinajstić information content (AvgIpc) is 2.76. The van der Waals surface area contributed by atoms with Crippen molar-refractivity contribution < 1.29 is 18.9 Å². The number of nitrogens with zero attached hydrogens (tertiary/aromatic N) is 2. The van der Waals surface area contributed by atoms with Gasteiger partial charge in [-0.2, -0.15) is 0 Å². The van der Waals surface area contributed by atoms with Crippen LogP contribution in [0.4, 0.5) is 15.8 Å². The Bertz CT molecular complexity index is 843. The molecule has 1 aliphatic rings. The molecule has 2 N–H and O–H groups in total. The molecule has 1 saturated heterocycles. The van der Waals surface area contributed by atoms with E-state index in [9.17, 15) is 14.0 Å². The standard InChI is InChI=1S/C23H29FN4O2/c1-3-27(4-2)23(30)18-5-9-20(10-6-18)25-22(29)17-26-13-15-28(16-14-26)21-11-7-19(24)8-12-21/h5-12H,3-4,13-17H2,1-2H3,(H,25,29)/p+1. The Labute approximate surface area is 177 Å². The summed E-state index contributed by atoms with van der Waals surface area (Å²) in [5, 5.41) is 2.92. The third-order valence-corrected chi connectivity index (χ3v) is 5.54. The lowest BCUT2D eigenvalue weighted by Gasteiger charge is -2.33. The van der Waals surface area contributed by atoms with Crippen LogP contribution < -0.4 is 15.1 Å². The van der Waals surface area contributed by atoms with Crippen LogP contribution in [-0.2, 0) is 4.79 Å². The fraction of sp³-hybridized carbons (Fsp3) is 0.391. The second-order valence-electron chi connectivity index (χ2n) is 7.49. The molecule has 1 heterocycles. The maximum Gasteiger partial charge on any atom is 0.279 e. The molecule has 1 fully saturated rings. The van der Waals surface area contributed by atoms with Gasteiger partial charge in [0.1, 0.15) is 5.82 Å². The summed E-state index contributed by atoms with van der Waals surface area (Å²) in [7, 11) is 0. The highest BCUT2D eigenvalue weighted by Gasteiger charge is 2.22. The Morgan fingerprint density at radius 1 is 1.00 bits per heavy atom. The van der Waals surface area contributed by atoms with Gasteiger partial charge in [0.25, 0.3) is 11.8 Å². The summed E-state index contributed by atoms with van der Waals surface area (Å²) in [6.45, 7) is 9.01. The summed E-state index contributed by atoms with van der Waals surface area (Å²) in [6, 6.07) is 13.6. The molecule has 2 aromatic carbocycles. The van der Waals surface area contributed by atoms with Crippen LogP contribution in [0.3, 0.4) is 0 Å². The highest BCUT2D eigenvalue weighted by atomic mass is 19.1. The first-order chi connectivity index (χ1) is 14.5. The molecule has 6 nitrogen and oxygen atoms in total. The van der Waals surface area contributed by atoms with Crippen LogP contribution in [0.2, 0.25) is 0 Å². The highest BCUT2D eigenvalue weighted by molar-refractivity contribution is 5.96. The van der Waals surface area contributed by atoms with E-state index in [1.165, 1.54) is 17.0 Å². The molecule has 2 amide bonds. The Morgan fingerprint density at radius 2 is 1.60 bits per heavy atom. The van der Waals surface area contributed by atoms with E-state index in [0.29, 0.717) is 30.9 Å². The minimum Gasteiger partial charge on any atom is -0.360 e. The molecule has 7 heteroatoms. The highest BCUT2D eigenvalue weighted by Crippen LogP contribution is 2.14. The quantitative estimate of drug-likeness (QED) is 0.726. The molecule has 0 saturated carbocycles. The van der Waals surface area contributed by atoms with Crippen LogP contribution in [0.1, 0.15) is 24.2 Å². The number of anilines is 2.